The summed E-state index contributed by atoms with van der Waals surface area (Å²) in [5, 5.41) is 7.53. The summed E-state index contributed by atoms with van der Waals surface area (Å²) in [4.78, 5) is 11.2. The molecule has 0 radical (unpaired) electrons. The number of hydrogen-bond acceptors (Lipinski definition) is 5. The molecule has 0 saturated heterocycles. The standard InChI is InChI=1S/C18H13F3N6/c19-18(20,21)17-25-15-7-2-1-6-14(15)16(26-17)24-13-5-3-4-12(8-13)9-27-11-22-10-23-27/h1-8,10-11H,9H2,(H,24,25,26). The summed E-state index contributed by atoms with van der Waals surface area (Å²) in [7, 11) is 0. The number of aromatic nitrogens is 5. The van der Waals surface area contributed by atoms with Crippen LogP contribution in [0, 0.1) is 0 Å². The van der Waals surface area contributed by atoms with E-state index < -0.39 is 12.0 Å². The predicted molar refractivity (Wildman–Crippen MR) is 93.4 cm³/mol. The average molecular weight is 370 g/mol. The first-order chi connectivity index (χ1) is 13.0. The number of anilines is 2. The van der Waals surface area contributed by atoms with Gasteiger partial charge in [-0.05, 0) is 29.8 Å². The van der Waals surface area contributed by atoms with Crippen molar-refractivity contribution in [2.45, 2.75) is 12.7 Å². The van der Waals surface area contributed by atoms with Gasteiger partial charge in [0.25, 0.3) is 0 Å². The Kier molecular flexibility index (Phi) is 4.19. The molecule has 2 heterocycles. The second-order valence-corrected chi connectivity index (χ2v) is 5.83. The van der Waals surface area contributed by atoms with Crippen LogP contribution in [-0.4, -0.2) is 24.7 Å². The van der Waals surface area contributed by atoms with Gasteiger partial charge < -0.3 is 5.32 Å². The third kappa shape index (κ3) is 3.71. The second-order valence-electron chi connectivity index (χ2n) is 5.83. The van der Waals surface area contributed by atoms with Gasteiger partial charge in [0.15, 0.2) is 0 Å². The highest BCUT2D eigenvalue weighted by atomic mass is 19.4. The van der Waals surface area contributed by atoms with Crippen molar-refractivity contribution in [3.8, 4) is 0 Å². The lowest BCUT2D eigenvalue weighted by atomic mass is 10.2. The van der Waals surface area contributed by atoms with E-state index in [9.17, 15) is 13.2 Å². The number of benzene rings is 2. The number of para-hydroxylation sites is 1. The zero-order valence-electron chi connectivity index (χ0n) is 13.9. The number of nitrogens with zero attached hydrogens (tertiary/aromatic N) is 5. The highest BCUT2D eigenvalue weighted by Gasteiger charge is 2.35. The summed E-state index contributed by atoms with van der Waals surface area (Å²) in [6, 6.07) is 13.9. The maximum absolute atomic E-state index is 13.1. The Morgan fingerprint density at radius 2 is 1.85 bits per heavy atom. The molecule has 0 aliphatic carbocycles. The molecule has 0 fully saturated rings. The lowest BCUT2D eigenvalue weighted by Gasteiger charge is -2.13. The second kappa shape index (κ2) is 6.67. The molecular formula is C18H13F3N6. The molecule has 0 atom stereocenters. The Hall–Kier alpha value is -3.49. The maximum atomic E-state index is 13.1. The molecule has 27 heavy (non-hydrogen) atoms. The number of halogens is 3. The van der Waals surface area contributed by atoms with E-state index in [0.717, 1.165) is 5.56 Å². The minimum Gasteiger partial charge on any atom is -0.340 e. The lowest BCUT2D eigenvalue weighted by molar-refractivity contribution is -0.144. The summed E-state index contributed by atoms with van der Waals surface area (Å²) in [6.07, 6.45) is -1.60. The molecule has 2 aromatic heterocycles. The largest absolute Gasteiger partial charge is 0.451 e. The number of nitrogens with one attached hydrogen (secondary N) is 1. The van der Waals surface area contributed by atoms with E-state index in [0.29, 0.717) is 17.6 Å². The Morgan fingerprint density at radius 3 is 2.63 bits per heavy atom. The normalized spacial score (nSPS) is 11.7. The zero-order chi connectivity index (χ0) is 18.9. The molecule has 2 aromatic carbocycles. The van der Waals surface area contributed by atoms with Crippen LogP contribution < -0.4 is 5.32 Å². The fraction of sp³-hybridized carbons (Fsp3) is 0.111. The summed E-state index contributed by atoms with van der Waals surface area (Å²) >= 11 is 0. The summed E-state index contributed by atoms with van der Waals surface area (Å²) in [5.41, 5.74) is 1.76. The van der Waals surface area contributed by atoms with Crippen LogP contribution in [0.2, 0.25) is 0 Å². The Morgan fingerprint density at radius 1 is 1.00 bits per heavy atom. The highest BCUT2D eigenvalue weighted by Crippen LogP contribution is 2.31. The van der Waals surface area contributed by atoms with Crippen LogP contribution in [-0.2, 0) is 12.7 Å². The molecule has 0 bridgehead atoms. The minimum atomic E-state index is -4.63. The highest BCUT2D eigenvalue weighted by molar-refractivity contribution is 5.90. The van der Waals surface area contributed by atoms with Crippen LogP contribution in [0.1, 0.15) is 11.4 Å². The Balaban J connectivity index is 1.71. The van der Waals surface area contributed by atoms with Gasteiger partial charge in [0, 0.05) is 11.1 Å². The van der Waals surface area contributed by atoms with Gasteiger partial charge in [0.1, 0.15) is 18.5 Å². The van der Waals surface area contributed by atoms with Crippen molar-refractivity contribution < 1.29 is 13.2 Å². The van der Waals surface area contributed by atoms with E-state index in [4.69, 9.17) is 0 Å². The van der Waals surface area contributed by atoms with Crippen molar-refractivity contribution >= 4 is 22.4 Å². The van der Waals surface area contributed by atoms with Gasteiger partial charge in [-0.3, -0.25) is 0 Å². The summed E-state index contributed by atoms with van der Waals surface area (Å²) < 4.78 is 41.1. The zero-order valence-corrected chi connectivity index (χ0v) is 13.9. The predicted octanol–water partition coefficient (Wildman–Crippen LogP) is 4.03. The summed E-state index contributed by atoms with van der Waals surface area (Å²) in [5.74, 6) is -1.08. The van der Waals surface area contributed by atoms with Crippen LogP contribution in [0.4, 0.5) is 24.7 Å². The maximum Gasteiger partial charge on any atom is 0.451 e. The monoisotopic (exact) mass is 370 g/mol. The van der Waals surface area contributed by atoms with Crippen LogP contribution >= 0.6 is 0 Å². The molecule has 4 aromatic rings. The topological polar surface area (TPSA) is 68.5 Å². The van der Waals surface area contributed by atoms with Gasteiger partial charge in [-0.2, -0.15) is 18.3 Å². The van der Waals surface area contributed by atoms with Gasteiger partial charge in [-0.25, -0.2) is 19.6 Å². The molecule has 1 N–H and O–H groups in total. The molecule has 0 unspecified atom stereocenters. The van der Waals surface area contributed by atoms with Crippen LogP contribution in [0.3, 0.4) is 0 Å². The van der Waals surface area contributed by atoms with Crippen LogP contribution in [0.5, 0.6) is 0 Å². The first-order valence-corrected chi connectivity index (χ1v) is 8.01. The van der Waals surface area contributed by atoms with Gasteiger partial charge in [-0.15, -0.1) is 0 Å². The number of rotatable bonds is 4. The first-order valence-electron chi connectivity index (χ1n) is 8.01. The third-order valence-electron chi connectivity index (χ3n) is 3.86. The fourth-order valence-electron chi connectivity index (χ4n) is 2.68. The average Bonchev–Trinajstić information content (AvgIpc) is 3.14. The smallest absolute Gasteiger partial charge is 0.340 e. The molecule has 9 heteroatoms. The van der Waals surface area contributed by atoms with E-state index in [1.54, 1.807) is 35.3 Å². The lowest BCUT2D eigenvalue weighted by Crippen LogP contribution is -2.12. The van der Waals surface area contributed by atoms with E-state index in [1.165, 1.54) is 12.4 Å². The van der Waals surface area contributed by atoms with Crippen molar-refractivity contribution in [2.75, 3.05) is 5.32 Å². The van der Waals surface area contributed by atoms with Gasteiger partial charge in [0.2, 0.25) is 5.82 Å². The molecule has 4 rings (SSSR count). The summed E-state index contributed by atoms with van der Waals surface area (Å²) in [6.45, 7) is 0.494. The molecule has 0 aliphatic rings. The molecule has 0 spiro atoms. The van der Waals surface area contributed by atoms with E-state index in [-0.39, 0.29) is 11.3 Å². The fourth-order valence-corrected chi connectivity index (χ4v) is 2.68. The number of hydrogen-bond donors (Lipinski definition) is 1. The van der Waals surface area contributed by atoms with Crippen molar-refractivity contribution in [3.63, 3.8) is 0 Å². The van der Waals surface area contributed by atoms with Crippen molar-refractivity contribution in [1.29, 1.82) is 0 Å². The SMILES string of the molecule is FC(F)(F)c1nc(Nc2cccc(Cn3cncn3)c2)c2ccccc2n1. The van der Waals surface area contributed by atoms with Crippen molar-refractivity contribution in [1.82, 2.24) is 24.7 Å². The minimum absolute atomic E-state index is 0.103. The Bertz CT molecular complexity index is 1080. The van der Waals surface area contributed by atoms with E-state index >= 15 is 0 Å². The number of fused-ring (bicyclic) bond motifs is 1. The van der Waals surface area contributed by atoms with Crippen LogP contribution in [0.15, 0.2) is 61.2 Å². The van der Waals surface area contributed by atoms with Gasteiger partial charge >= 0.3 is 6.18 Å². The molecule has 0 aliphatic heterocycles. The van der Waals surface area contributed by atoms with E-state index in [1.807, 2.05) is 18.2 Å². The molecule has 0 amide bonds. The van der Waals surface area contributed by atoms with E-state index in [2.05, 4.69) is 25.4 Å². The molecule has 0 saturated carbocycles. The van der Waals surface area contributed by atoms with Crippen molar-refractivity contribution in [3.05, 3.63) is 72.6 Å². The quantitative estimate of drug-likeness (QED) is 0.587. The molecule has 6 nitrogen and oxygen atoms in total. The van der Waals surface area contributed by atoms with Crippen molar-refractivity contribution in [2.24, 2.45) is 0 Å². The molecular weight excluding hydrogens is 357 g/mol. The first kappa shape index (κ1) is 17.0. The van der Waals surface area contributed by atoms with Gasteiger partial charge in [-0.1, -0.05) is 24.3 Å². The molecule has 136 valence electrons. The number of alkyl halides is 3. The van der Waals surface area contributed by atoms with Gasteiger partial charge in [0.05, 0.1) is 12.1 Å². The van der Waals surface area contributed by atoms with Crippen LogP contribution in [0.25, 0.3) is 10.9 Å². The Labute approximate surface area is 151 Å². The third-order valence-corrected chi connectivity index (χ3v) is 3.86.